The van der Waals surface area contributed by atoms with Crippen molar-refractivity contribution >= 4 is 35.2 Å². The van der Waals surface area contributed by atoms with Crippen LogP contribution in [-0.2, 0) is 14.4 Å². The molecule has 0 saturated carbocycles. The first-order valence-corrected chi connectivity index (χ1v) is 10.1. The number of anilines is 1. The van der Waals surface area contributed by atoms with Crippen molar-refractivity contribution in [3.05, 3.63) is 29.8 Å². The highest BCUT2D eigenvalue weighted by Crippen LogP contribution is 2.33. The van der Waals surface area contributed by atoms with Crippen molar-refractivity contribution in [1.29, 1.82) is 0 Å². The Bertz CT molecular complexity index is 665. The van der Waals surface area contributed by atoms with Gasteiger partial charge in [-0.15, -0.1) is 11.8 Å². The normalized spacial score (nSPS) is 18.0. The number of hydrogen-bond donors (Lipinski definition) is 2. The Kier molecular flexibility index (Phi) is 7.50. The molecule has 1 aliphatic rings. The average Bonchev–Trinajstić information content (AvgIpc) is 3.02. The Hall–Kier alpha value is -2.02. The average molecular weight is 378 g/mol. The largest absolute Gasteiger partial charge is 0.481 e. The summed E-state index contributed by atoms with van der Waals surface area (Å²) in [7, 11) is 0. The van der Waals surface area contributed by atoms with Gasteiger partial charge < -0.3 is 15.3 Å². The van der Waals surface area contributed by atoms with E-state index in [9.17, 15) is 14.4 Å². The third-order valence-corrected chi connectivity index (χ3v) is 5.58. The number of aliphatic carboxylic acids is 1. The Labute approximate surface area is 158 Å². The van der Waals surface area contributed by atoms with Gasteiger partial charge >= 0.3 is 5.97 Å². The van der Waals surface area contributed by atoms with Gasteiger partial charge in [0.2, 0.25) is 11.8 Å². The minimum atomic E-state index is -0.863. The molecule has 7 heteroatoms. The fraction of sp³-hybridized carbons (Fsp3) is 0.526. The molecule has 2 atom stereocenters. The molecule has 0 spiro atoms. The molecule has 142 valence electrons. The summed E-state index contributed by atoms with van der Waals surface area (Å²) in [5.74, 6) is -0.482. The van der Waals surface area contributed by atoms with E-state index in [-0.39, 0.29) is 29.9 Å². The van der Waals surface area contributed by atoms with Gasteiger partial charge in [-0.05, 0) is 24.0 Å². The number of para-hydroxylation sites is 1. The number of carboxylic acids is 1. The molecule has 1 aromatic carbocycles. The minimum absolute atomic E-state index is 0.0258. The van der Waals surface area contributed by atoms with E-state index in [0.29, 0.717) is 24.8 Å². The van der Waals surface area contributed by atoms with Crippen LogP contribution >= 0.6 is 11.8 Å². The molecule has 1 fully saturated rings. The summed E-state index contributed by atoms with van der Waals surface area (Å²) in [6, 6.07) is 7.89. The second-order valence-electron chi connectivity index (χ2n) is 6.51. The van der Waals surface area contributed by atoms with Gasteiger partial charge in [-0.25, -0.2) is 0 Å². The minimum Gasteiger partial charge on any atom is -0.481 e. The van der Waals surface area contributed by atoms with Crippen LogP contribution in [0, 0.1) is 5.92 Å². The van der Waals surface area contributed by atoms with E-state index in [2.05, 4.69) is 19.2 Å². The fourth-order valence-electron chi connectivity index (χ4n) is 3.04. The van der Waals surface area contributed by atoms with Crippen LogP contribution in [0.4, 0.5) is 5.69 Å². The van der Waals surface area contributed by atoms with Crippen LogP contribution in [0.5, 0.6) is 0 Å². The van der Waals surface area contributed by atoms with Crippen LogP contribution in [0.1, 0.15) is 38.2 Å². The maximum absolute atomic E-state index is 12.5. The lowest BCUT2D eigenvalue weighted by Gasteiger charge is -2.23. The highest BCUT2D eigenvalue weighted by Gasteiger charge is 2.36. The van der Waals surface area contributed by atoms with E-state index in [1.807, 2.05) is 24.3 Å². The highest BCUT2D eigenvalue weighted by atomic mass is 32.2. The maximum Gasteiger partial charge on any atom is 0.313 e. The molecule has 0 bridgehead atoms. The molecule has 1 saturated heterocycles. The zero-order chi connectivity index (χ0) is 19.1. The molecule has 1 aliphatic heterocycles. The van der Waals surface area contributed by atoms with Gasteiger partial charge in [0, 0.05) is 31.0 Å². The molecule has 2 N–H and O–H groups in total. The quantitative estimate of drug-likeness (QED) is 0.645. The SMILES string of the molecule is CCC(C)c1ccccc1N1CC(C(=O)NCCSCC(=O)O)CC1=O. The summed E-state index contributed by atoms with van der Waals surface area (Å²) in [5.41, 5.74) is 2.04. The zero-order valence-electron chi connectivity index (χ0n) is 15.2. The predicted molar refractivity (Wildman–Crippen MR) is 104 cm³/mol. The Balaban J connectivity index is 1.94. The molecule has 2 unspecified atom stereocenters. The van der Waals surface area contributed by atoms with Gasteiger partial charge in [0.1, 0.15) is 0 Å². The van der Waals surface area contributed by atoms with Crippen LogP contribution < -0.4 is 10.2 Å². The molecule has 1 aromatic rings. The monoisotopic (exact) mass is 378 g/mol. The number of carboxylic acid groups (broad SMARTS) is 1. The van der Waals surface area contributed by atoms with Crippen molar-refractivity contribution < 1.29 is 19.5 Å². The number of hydrogen-bond acceptors (Lipinski definition) is 4. The van der Waals surface area contributed by atoms with Crippen molar-refractivity contribution in [1.82, 2.24) is 5.32 Å². The highest BCUT2D eigenvalue weighted by molar-refractivity contribution is 7.99. The lowest BCUT2D eigenvalue weighted by molar-refractivity contribution is -0.134. The van der Waals surface area contributed by atoms with Crippen molar-refractivity contribution in [2.45, 2.75) is 32.6 Å². The molecule has 26 heavy (non-hydrogen) atoms. The number of thioether (sulfide) groups is 1. The molecule has 0 aliphatic carbocycles. The van der Waals surface area contributed by atoms with Gasteiger partial charge in [0.05, 0.1) is 11.7 Å². The second kappa shape index (κ2) is 9.62. The third-order valence-electron chi connectivity index (χ3n) is 4.64. The number of carbonyl (C=O) groups excluding carboxylic acids is 2. The Morgan fingerprint density at radius 1 is 1.38 bits per heavy atom. The van der Waals surface area contributed by atoms with Crippen LogP contribution in [0.15, 0.2) is 24.3 Å². The van der Waals surface area contributed by atoms with E-state index in [1.54, 1.807) is 4.90 Å². The molecule has 2 rings (SSSR count). The Morgan fingerprint density at radius 3 is 2.81 bits per heavy atom. The van der Waals surface area contributed by atoms with E-state index < -0.39 is 5.97 Å². The first-order valence-electron chi connectivity index (χ1n) is 8.90. The molecule has 0 radical (unpaired) electrons. The summed E-state index contributed by atoms with van der Waals surface area (Å²) in [6.45, 7) is 5.05. The molecular formula is C19H26N2O4S. The summed E-state index contributed by atoms with van der Waals surface area (Å²) < 4.78 is 0. The van der Waals surface area contributed by atoms with E-state index >= 15 is 0 Å². The summed E-state index contributed by atoms with van der Waals surface area (Å²) in [4.78, 5) is 37.0. The van der Waals surface area contributed by atoms with Gasteiger partial charge in [-0.2, -0.15) is 0 Å². The molecule has 6 nitrogen and oxygen atoms in total. The van der Waals surface area contributed by atoms with Crippen LogP contribution in [0.2, 0.25) is 0 Å². The van der Waals surface area contributed by atoms with Gasteiger partial charge in [-0.3, -0.25) is 14.4 Å². The van der Waals surface area contributed by atoms with Gasteiger partial charge in [-0.1, -0.05) is 32.0 Å². The zero-order valence-corrected chi connectivity index (χ0v) is 16.1. The molecular weight excluding hydrogens is 352 g/mol. The van der Waals surface area contributed by atoms with Crippen molar-refractivity contribution in [3.8, 4) is 0 Å². The summed E-state index contributed by atoms with van der Waals surface area (Å²) in [6.07, 6.45) is 1.19. The topological polar surface area (TPSA) is 86.7 Å². The summed E-state index contributed by atoms with van der Waals surface area (Å²) in [5, 5.41) is 11.4. The molecule has 2 amide bonds. The standard InChI is InChI=1S/C19H26N2O4S/c1-3-13(2)15-6-4-5-7-16(15)21-11-14(10-17(21)22)19(25)20-8-9-26-12-18(23)24/h4-7,13-14H,3,8-12H2,1-2H3,(H,20,25)(H,23,24). The van der Waals surface area contributed by atoms with Gasteiger partial charge in [0.25, 0.3) is 0 Å². The number of nitrogens with one attached hydrogen (secondary N) is 1. The van der Waals surface area contributed by atoms with E-state index in [1.165, 1.54) is 11.8 Å². The van der Waals surface area contributed by atoms with Crippen molar-refractivity contribution in [2.75, 3.05) is 29.5 Å². The number of carbonyl (C=O) groups is 3. The third kappa shape index (κ3) is 5.24. The van der Waals surface area contributed by atoms with Crippen LogP contribution in [0.25, 0.3) is 0 Å². The van der Waals surface area contributed by atoms with Crippen LogP contribution in [-0.4, -0.2) is 47.5 Å². The Morgan fingerprint density at radius 2 is 2.12 bits per heavy atom. The number of amides is 2. The lowest BCUT2D eigenvalue weighted by atomic mass is 9.96. The number of benzene rings is 1. The van der Waals surface area contributed by atoms with Crippen molar-refractivity contribution in [3.63, 3.8) is 0 Å². The maximum atomic E-state index is 12.5. The van der Waals surface area contributed by atoms with Crippen molar-refractivity contribution in [2.24, 2.45) is 5.92 Å². The first-order chi connectivity index (χ1) is 12.4. The fourth-order valence-corrected chi connectivity index (χ4v) is 3.60. The van der Waals surface area contributed by atoms with Crippen LogP contribution in [0.3, 0.4) is 0 Å². The molecule has 1 heterocycles. The van der Waals surface area contributed by atoms with E-state index in [0.717, 1.165) is 17.7 Å². The van der Waals surface area contributed by atoms with E-state index in [4.69, 9.17) is 5.11 Å². The predicted octanol–water partition coefficient (Wildman–Crippen LogP) is 2.49. The lowest BCUT2D eigenvalue weighted by Crippen LogP contribution is -2.34. The number of rotatable bonds is 9. The smallest absolute Gasteiger partial charge is 0.313 e. The first kappa shape index (κ1) is 20.3. The second-order valence-corrected chi connectivity index (χ2v) is 7.62. The van der Waals surface area contributed by atoms with Gasteiger partial charge in [0.15, 0.2) is 0 Å². The number of nitrogens with zero attached hydrogens (tertiary/aromatic N) is 1. The summed E-state index contributed by atoms with van der Waals surface area (Å²) >= 11 is 1.26. The molecule has 0 aromatic heterocycles.